The first-order valence-electron chi connectivity index (χ1n) is 9.14. The van der Waals surface area contributed by atoms with Crippen LogP contribution in [-0.4, -0.2) is 33.9 Å². The molecule has 0 N–H and O–H groups in total. The summed E-state index contributed by atoms with van der Waals surface area (Å²) in [5, 5.41) is 2.33. The van der Waals surface area contributed by atoms with E-state index in [0.29, 0.717) is 28.8 Å². The molecular formula is C21H19ClFN3OS. The summed E-state index contributed by atoms with van der Waals surface area (Å²) in [6.45, 7) is 3.15. The zero-order valence-electron chi connectivity index (χ0n) is 15.4. The molecule has 28 heavy (non-hydrogen) atoms. The Hall–Kier alpha value is -2.31. The monoisotopic (exact) mass is 415 g/mol. The van der Waals surface area contributed by atoms with E-state index in [9.17, 15) is 9.18 Å². The number of thiophene rings is 1. The van der Waals surface area contributed by atoms with Crippen LogP contribution in [0.15, 0.2) is 41.9 Å². The van der Waals surface area contributed by atoms with Gasteiger partial charge in [-0.2, -0.15) is 0 Å². The molecule has 1 aromatic carbocycles. The molecule has 0 radical (unpaired) electrons. The number of aromatic nitrogens is 2. The van der Waals surface area contributed by atoms with Crippen LogP contribution in [0, 0.1) is 12.7 Å². The second kappa shape index (κ2) is 7.97. The van der Waals surface area contributed by atoms with Gasteiger partial charge in [-0.3, -0.25) is 4.79 Å². The first-order chi connectivity index (χ1) is 13.5. The summed E-state index contributed by atoms with van der Waals surface area (Å²) < 4.78 is 13.3. The molecule has 0 unspecified atom stereocenters. The normalized spacial score (nSPS) is 17.0. The van der Waals surface area contributed by atoms with Crippen molar-refractivity contribution in [3.05, 3.63) is 69.1 Å². The molecule has 1 aliphatic heterocycles. The van der Waals surface area contributed by atoms with E-state index in [1.165, 1.54) is 23.5 Å². The molecule has 3 heterocycles. The number of rotatable bonds is 3. The number of hydrogen-bond donors (Lipinski definition) is 0. The molecule has 7 heteroatoms. The molecule has 0 saturated carbocycles. The van der Waals surface area contributed by atoms with Crippen LogP contribution in [0.2, 0.25) is 5.02 Å². The lowest BCUT2D eigenvalue weighted by Gasteiger charge is -2.33. The first kappa shape index (κ1) is 19.0. The van der Waals surface area contributed by atoms with Gasteiger partial charge >= 0.3 is 0 Å². The summed E-state index contributed by atoms with van der Waals surface area (Å²) in [5.41, 5.74) is 2.68. The summed E-state index contributed by atoms with van der Waals surface area (Å²) in [6, 6.07) is 8.11. The Bertz CT molecular complexity index is 1010. The van der Waals surface area contributed by atoms with Gasteiger partial charge in [0, 0.05) is 30.8 Å². The number of likely N-dealkylation sites (tertiary alicyclic amines) is 1. The van der Waals surface area contributed by atoms with Crippen molar-refractivity contribution < 1.29 is 9.18 Å². The lowest BCUT2D eigenvalue weighted by atomic mass is 9.89. The maximum atomic E-state index is 13.3. The van der Waals surface area contributed by atoms with E-state index in [0.717, 1.165) is 29.7 Å². The molecule has 1 saturated heterocycles. The predicted octanol–water partition coefficient (Wildman–Crippen LogP) is 5.33. The van der Waals surface area contributed by atoms with Crippen molar-refractivity contribution >= 4 is 28.8 Å². The highest BCUT2D eigenvalue weighted by atomic mass is 35.5. The highest BCUT2D eigenvalue weighted by Gasteiger charge is 2.29. The van der Waals surface area contributed by atoms with E-state index in [-0.39, 0.29) is 17.6 Å². The van der Waals surface area contributed by atoms with Crippen molar-refractivity contribution in [3.63, 3.8) is 0 Å². The van der Waals surface area contributed by atoms with Gasteiger partial charge in [0.05, 0.1) is 10.7 Å². The van der Waals surface area contributed by atoms with E-state index in [4.69, 9.17) is 16.6 Å². The molecule has 4 nitrogen and oxygen atoms in total. The Balaban J connectivity index is 1.65. The van der Waals surface area contributed by atoms with Crippen LogP contribution in [0.3, 0.4) is 0 Å². The summed E-state index contributed by atoms with van der Waals surface area (Å²) in [7, 11) is 0. The standard InChI is InChI=1S/C21H19ClFN3OS/c1-13-24-11-17(14-4-6-16(23)7-5-14)19(25-13)15-3-2-9-26(12-15)21(27)20-18(22)8-10-28-20/h4-8,10-11,15H,2-3,9,12H2,1H3/t15-/m0/s1. The Labute approximate surface area is 172 Å². The molecule has 4 rings (SSSR count). The second-order valence-corrected chi connectivity index (χ2v) is 8.23. The van der Waals surface area contributed by atoms with Crippen molar-refractivity contribution in [2.24, 2.45) is 0 Å². The van der Waals surface area contributed by atoms with Gasteiger partial charge in [0.2, 0.25) is 0 Å². The highest BCUT2D eigenvalue weighted by Crippen LogP contribution is 2.34. The number of piperidine rings is 1. The summed E-state index contributed by atoms with van der Waals surface area (Å²) in [4.78, 5) is 24.4. The molecule has 0 bridgehead atoms. The Kier molecular flexibility index (Phi) is 5.42. The Morgan fingerprint density at radius 1 is 1.29 bits per heavy atom. The smallest absolute Gasteiger partial charge is 0.265 e. The third-order valence-corrected chi connectivity index (χ3v) is 6.33. The fourth-order valence-electron chi connectivity index (χ4n) is 3.63. The van der Waals surface area contributed by atoms with E-state index in [2.05, 4.69) is 4.98 Å². The van der Waals surface area contributed by atoms with Crippen LogP contribution in [0.25, 0.3) is 11.1 Å². The molecule has 3 aromatic rings. The number of nitrogens with zero attached hydrogens (tertiary/aromatic N) is 3. The first-order valence-corrected chi connectivity index (χ1v) is 10.4. The molecule has 1 amide bonds. The number of hydrogen-bond acceptors (Lipinski definition) is 4. The van der Waals surface area contributed by atoms with Crippen LogP contribution >= 0.6 is 22.9 Å². The van der Waals surface area contributed by atoms with Gasteiger partial charge in [-0.05, 0) is 48.9 Å². The highest BCUT2D eigenvalue weighted by molar-refractivity contribution is 7.12. The van der Waals surface area contributed by atoms with Crippen LogP contribution < -0.4 is 0 Å². The van der Waals surface area contributed by atoms with Crippen LogP contribution in [0.4, 0.5) is 4.39 Å². The topological polar surface area (TPSA) is 46.1 Å². The van der Waals surface area contributed by atoms with Crippen molar-refractivity contribution in [2.45, 2.75) is 25.7 Å². The van der Waals surface area contributed by atoms with Gasteiger partial charge < -0.3 is 4.90 Å². The van der Waals surface area contributed by atoms with E-state index in [1.807, 2.05) is 17.2 Å². The Morgan fingerprint density at radius 2 is 2.07 bits per heavy atom. The van der Waals surface area contributed by atoms with E-state index in [1.54, 1.807) is 24.4 Å². The van der Waals surface area contributed by atoms with Crippen molar-refractivity contribution in [2.75, 3.05) is 13.1 Å². The van der Waals surface area contributed by atoms with Gasteiger partial charge in [-0.25, -0.2) is 14.4 Å². The quantitative estimate of drug-likeness (QED) is 0.581. The minimum absolute atomic E-state index is 0.0289. The van der Waals surface area contributed by atoms with Gasteiger partial charge in [0.15, 0.2) is 0 Å². The zero-order valence-corrected chi connectivity index (χ0v) is 16.9. The maximum absolute atomic E-state index is 13.3. The summed E-state index contributed by atoms with van der Waals surface area (Å²) in [6.07, 6.45) is 3.62. The second-order valence-electron chi connectivity index (χ2n) is 6.91. The van der Waals surface area contributed by atoms with Crippen LogP contribution in [0.5, 0.6) is 0 Å². The lowest BCUT2D eigenvalue weighted by Crippen LogP contribution is -2.39. The minimum Gasteiger partial charge on any atom is -0.337 e. The molecular weight excluding hydrogens is 397 g/mol. The molecule has 1 aliphatic rings. The molecule has 0 aliphatic carbocycles. The predicted molar refractivity (Wildman–Crippen MR) is 109 cm³/mol. The number of aryl methyl sites for hydroxylation is 1. The van der Waals surface area contributed by atoms with Gasteiger partial charge in [0.25, 0.3) is 5.91 Å². The SMILES string of the molecule is Cc1ncc(-c2ccc(F)cc2)c([C@H]2CCCN(C(=O)c3sccc3Cl)C2)n1. The number of benzene rings is 1. The van der Waals surface area contributed by atoms with Crippen molar-refractivity contribution in [1.82, 2.24) is 14.9 Å². The molecule has 1 fully saturated rings. The van der Waals surface area contributed by atoms with E-state index >= 15 is 0 Å². The molecule has 144 valence electrons. The third-order valence-electron chi connectivity index (χ3n) is 5.00. The number of halogens is 2. The lowest BCUT2D eigenvalue weighted by molar-refractivity contribution is 0.0711. The average molecular weight is 416 g/mol. The minimum atomic E-state index is -0.277. The average Bonchev–Trinajstić information content (AvgIpc) is 3.14. The molecule has 1 atom stereocenters. The Morgan fingerprint density at radius 3 is 2.79 bits per heavy atom. The largest absolute Gasteiger partial charge is 0.337 e. The maximum Gasteiger partial charge on any atom is 0.265 e. The van der Waals surface area contributed by atoms with Crippen molar-refractivity contribution in [3.8, 4) is 11.1 Å². The number of carbonyl (C=O) groups excluding carboxylic acids is 1. The van der Waals surface area contributed by atoms with Gasteiger partial charge in [0.1, 0.15) is 16.5 Å². The third kappa shape index (κ3) is 3.80. The number of carbonyl (C=O) groups is 1. The fourth-order valence-corrected chi connectivity index (χ4v) is 4.73. The van der Waals surface area contributed by atoms with Crippen LogP contribution in [0.1, 0.15) is 39.9 Å². The van der Waals surface area contributed by atoms with Gasteiger partial charge in [-0.15, -0.1) is 11.3 Å². The van der Waals surface area contributed by atoms with E-state index < -0.39 is 0 Å². The van der Waals surface area contributed by atoms with Gasteiger partial charge in [-0.1, -0.05) is 23.7 Å². The molecule has 2 aromatic heterocycles. The summed E-state index contributed by atoms with van der Waals surface area (Å²) >= 11 is 7.53. The fraction of sp³-hybridized carbons (Fsp3) is 0.286. The number of amides is 1. The zero-order chi connectivity index (χ0) is 19.7. The van der Waals surface area contributed by atoms with Crippen molar-refractivity contribution in [1.29, 1.82) is 0 Å². The molecule has 0 spiro atoms. The van der Waals surface area contributed by atoms with Crippen LogP contribution in [-0.2, 0) is 0 Å². The summed E-state index contributed by atoms with van der Waals surface area (Å²) in [5.74, 6) is 0.475.